The van der Waals surface area contributed by atoms with Crippen LogP contribution in [0.4, 0.5) is 0 Å². The second-order valence-electron chi connectivity index (χ2n) is 6.74. The molecule has 0 saturated carbocycles. The number of nitrogens with zero attached hydrogens (tertiary/aromatic N) is 4. The summed E-state index contributed by atoms with van der Waals surface area (Å²) in [6.45, 7) is 10.9. The Bertz CT molecular complexity index is 517. The van der Waals surface area contributed by atoms with Gasteiger partial charge in [-0.3, -0.25) is 4.99 Å². The number of aryl methyl sites for hydroxylation is 1. The van der Waals surface area contributed by atoms with Gasteiger partial charge in [0, 0.05) is 38.6 Å². The van der Waals surface area contributed by atoms with Crippen LogP contribution >= 0.6 is 35.3 Å². The predicted molar refractivity (Wildman–Crippen MR) is 115 cm³/mol. The van der Waals surface area contributed by atoms with E-state index in [9.17, 15) is 0 Å². The van der Waals surface area contributed by atoms with Gasteiger partial charge in [0.25, 0.3) is 0 Å². The van der Waals surface area contributed by atoms with E-state index < -0.39 is 0 Å². The summed E-state index contributed by atoms with van der Waals surface area (Å²) in [5, 5.41) is 6.79. The zero-order valence-corrected chi connectivity index (χ0v) is 18.7. The van der Waals surface area contributed by atoms with Crippen LogP contribution in [0.25, 0.3) is 0 Å². The molecule has 24 heavy (non-hydrogen) atoms. The van der Waals surface area contributed by atoms with Gasteiger partial charge in [-0.25, -0.2) is 4.98 Å². The molecular formula is C17H32IN5S. The van der Waals surface area contributed by atoms with Crippen molar-refractivity contribution in [2.45, 2.75) is 46.2 Å². The standard InChI is InChI=1S/C17H31N5S.HI/c1-13(2)22-8-6-7-15(10-22)9-19-17(18-4)21(5)11-16-12-23-14(3)20-16;/h12-13,15H,6-11H2,1-5H3,(H,18,19);1H. The largest absolute Gasteiger partial charge is 0.356 e. The lowest BCUT2D eigenvalue weighted by atomic mass is 9.97. The number of guanidine groups is 1. The molecule has 0 aromatic carbocycles. The van der Waals surface area contributed by atoms with Gasteiger partial charge >= 0.3 is 0 Å². The van der Waals surface area contributed by atoms with Crippen molar-refractivity contribution in [2.24, 2.45) is 10.9 Å². The fourth-order valence-corrected chi connectivity index (χ4v) is 3.76. The summed E-state index contributed by atoms with van der Waals surface area (Å²) in [5.41, 5.74) is 1.11. The third kappa shape index (κ3) is 6.48. The molecule has 1 aliphatic rings. The monoisotopic (exact) mass is 465 g/mol. The molecule has 0 amide bonds. The molecule has 1 aromatic heterocycles. The van der Waals surface area contributed by atoms with Crippen LogP contribution in [0.1, 0.15) is 37.4 Å². The first kappa shape index (κ1) is 21.6. The van der Waals surface area contributed by atoms with Gasteiger partial charge in [0.05, 0.1) is 17.2 Å². The summed E-state index contributed by atoms with van der Waals surface area (Å²) < 4.78 is 0. The second-order valence-corrected chi connectivity index (χ2v) is 7.80. The van der Waals surface area contributed by atoms with Gasteiger partial charge < -0.3 is 15.1 Å². The molecule has 1 N–H and O–H groups in total. The zero-order chi connectivity index (χ0) is 16.8. The minimum absolute atomic E-state index is 0. The van der Waals surface area contributed by atoms with Crippen molar-refractivity contribution in [2.75, 3.05) is 33.7 Å². The smallest absolute Gasteiger partial charge is 0.193 e. The Morgan fingerprint density at radius 3 is 2.88 bits per heavy atom. The van der Waals surface area contributed by atoms with E-state index in [0.717, 1.165) is 29.8 Å². The van der Waals surface area contributed by atoms with Crippen LogP contribution in [0.2, 0.25) is 0 Å². The average molecular weight is 465 g/mol. The molecule has 2 heterocycles. The first-order valence-corrected chi connectivity index (χ1v) is 9.44. The lowest BCUT2D eigenvalue weighted by Gasteiger charge is -2.36. The lowest BCUT2D eigenvalue weighted by molar-refractivity contribution is 0.140. The minimum atomic E-state index is 0. The number of hydrogen-bond acceptors (Lipinski definition) is 4. The number of nitrogens with one attached hydrogen (secondary N) is 1. The van der Waals surface area contributed by atoms with Gasteiger partial charge in [-0.05, 0) is 46.1 Å². The van der Waals surface area contributed by atoms with Gasteiger partial charge in [0.15, 0.2) is 5.96 Å². The van der Waals surface area contributed by atoms with Gasteiger partial charge in [0.1, 0.15) is 0 Å². The quantitative estimate of drug-likeness (QED) is 0.412. The van der Waals surface area contributed by atoms with E-state index in [1.54, 1.807) is 11.3 Å². The maximum absolute atomic E-state index is 4.53. The number of aliphatic imine (C=N–C) groups is 1. The van der Waals surface area contributed by atoms with E-state index in [2.05, 4.69) is 51.4 Å². The average Bonchev–Trinajstić information content (AvgIpc) is 2.93. The highest BCUT2D eigenvalue weighted by Gasteiger charge is 2.22. The van der Waals surface area contributed by atoms with E-state index in [4.69, 9.17) is 0 Å². The number of hydrogen-bond donors (Lipinski definition) is 1. The molecule has 1 fully saturated rings. The van der Waals surface area contributed by atoms with E-state index in [-0.39, 0.29) is 24.0 Å². The Labute approximate surface area is 168 Å². The maximum Gasteiger partial charge on any atom is 0.193 e. The fourth-order valence-electron chi connectivity index (χ4n) is 3.15. The maximum atomic E-state index is 4.53. The number of likely N-dealkylation sites (tertiary alicyclic amines) is 1. The van der Waals surface area contributed by atoms with E-state index >= 15 is 0 Å². The molecule has 1 atom stereocenters. The predicted octanol–water partition coefficient (Wildman–Crippen LogP) is 3.20. The molecule has 0 radical (unpaired) electrons. The summed E-state index contributed by atoms with van der Waals surface area (Å²) in [5.74, 6) is 1.66. The molecule has 1 aliphatic heterocycles. The van der Waals surface area contributed by atoms with Crippen LogP contribution in [-0.4, -0.2) is 60.5 Å². The summed E-state index contributed by atoms with van der Waals surface area (Å²) >= 11 is 1.70. The number of piperidine rings is 1. The summed E-state index contributed by atoms with van der Waals surface area (Å²) in [4.78, 5) is 13.7. The number of halogens is 1. The number of aromatic nitrogens is 1. The SMILES string of the molecule is CN=C(NCC1CCCN(C(C)C)C1)N(C)Cc1csc(C)n1.I. The summed E-state index contributed by atoms with van der Waals surface area (Å²) in [6, 6.07) is 0.646. The van der Waals surface area contributed by atoms with Crippen molar-refractivity contribution in [3.05, 3.63) is 16.1 Å². The van der Waals surface area contributed by atoms with Crippen LogP contribution in [0.3, 0.4) is 0 Å². The zero-order valence-electron chi connectivity index (χ0n) is 15.6. The molecule has 1 unspecified atom stereocenters. The van der Waals surface area contributed by atoms with Gasteiger partial charge in [-0.15, -0.1) is 35.3 Å². The Morgan fingerprint density at radius 2 is 2.29 bits per heavy atom. The van der Waals surface area contributed by atoms with Crippen molar-refractivity contribution in [3.63, 3.8) is 0 Å². The van der Waals surface area contributed by atoms with E-state index in [1.165, 1.54) is 25.9 Å². The molecule has 7 heteroatoms. The second kappa shape index (κ2) is 10.6. The third-order valence-corrected chi connectivity index (χ3v) is 5.29. The first-order valence-electron chi connectivity index (χ1n) is 8.56. The van der Waals surface area contributed by atoms with E-state index in [0.29, 0.717) is 12.0 Å². The first-order chi connectivity index (χ1) is 11.0. The Balaban J connectivity index is 0.00000288. The molecule has 1 saturated heterocycles. The van der Waals surface area contributed by atoms with Crippen LogP contribution < -0.4 is 5.32 Å². The molecule has 2 rings (SSSR count). The molecule has 0 aliphatic carbocycles. The van der Waals surface area contributed by atoms with Crippen molar-refractivity contribution in [1.82, 2.24) is 20.1 Å². The van der Waals surface area contributed by atoms with Gasteiger partial charge in [-0.1, -0.05) is 0 Å². The van der Waals surface area contributed by atoms with Gasteiger partial charge in [0.2, 0.25) is 0 Å². The fraction of sp³-hybridized carbons (Fsp3) is 0.765. The van der Waals surface area contributed by atoms with Crippen molar-refractivity contribution >= 4 is 41.3 Å². The molecule has 0 spiro atoms. The van der Waals surface area contributed by atoms with Crippen LogP contribution in [-0.2, 0) is 6.54 Å². The number of rotatable bonds is 5. The van der Waals surface area contributed by atoms with Crippen LogP contribution in [0, 0.1) is 12.8 Å². The van der Waals surface area contributed by atoms with Crippen LogP contribution in [0.5, 0.6) is 0 Å². The Kier molecular flexibility index (Phi) is 9.51. The third-order valence-electron chi connectivity index (χ3n) is 4.47. The molecule has 5 nitrogen and oxygen atoms in total. The minimum Gasteiger partial charge on any atom is -0.356 e. The van der Waals surface area contributed by atoms with Crippen LogP contribution in [0.15, 0.2) is 10.4 Å². The Hall–Kier alpha value is -0.410. The summed E-state index contributed by atoms with van der Waals surface area (Å²) in [6.07, 6.45) is 2.61. The van der Waals surface area contributed by atoms with Crippen molar-refractivity contribution < 1.29 is 0 Å². The van der Waals surface area contributed by atoms with Gasteiger partial charge in [-0.2, -0.15) is 0 Å². The van der Waals surface area contributed by atoms with Crippen molar-refractivity contribution in [3.8, 4) is 0 Å². The molecular weight excluding hydrogens is 433 g/mol. The van der Waals surface area contributed by atoms with E-state index in [1.807, 2.05) is 14.0 Å². The highest BCUT2D eigenvalue weighted by atomic mass is 127. The van der Waals surface area contributed by atoms with Crippen molar-refractivity contribution in [1.29, 1.82) is 0 Å². The number of thiazole rings is 1. The Morgan fingerprint density at radius 1 is 1.54 bits per heavy atom. The highest BCUT2D eigenvalue weighted by molar-refractivity contribution is 14.0. The molecule has 1 aromatic rings. The summed E-state index contributed by atoms with van der Waals surface area (Å²) in [7, 11) is 3.93. The topological polar surface area (TPSA) is 43.8 Å². The molecule has 0 bridgehead atoms. The normalized spacial score (nSPS) is 19.2. The molecule has 138 valence electrons. The lowest BCUT2D eigenvalue weighted by Crippen LogP contribution is -2.46. The highest BCUT2D eigenvalue weighted by Crippen LogP contribution is 2.17.